The van der Waals surface area contributed by atoms with Gasteiger partial charge in [0.05, 0.1) is 11.7 Å². The first-order valence-electron chi connectivity index (χ1n) is 4.92. The number of pyridine rings is 2. The van der Waals surface area contributed by atoms with E-state index in [0.29, 0.717) is 11.2 Å². The van der Waals surface area contributed by atoms with Crippen molar-refractivity contribution in [2.24, 2.45) is 0 Å². The zero-order chi connectivity index (χ0) is 11.4. The average Bonchev–Trinajstić information content (AvgIpc) is 2.96. The number of nitrogens with zero attached hydrogens (tertiary/aromatic N) is 7. The summed E-state index contributed by atoms with van der Waals surface area (Å²) in [5.74, 6) is 5.86. The number of hydrogen-bond donors (Lipinski definition) is 1. The lowest BCUT2D eigenvalue weighted by Crippen LogP contribution is -2.06. The van der Waals surface area contributed by atoms with Crippen molar-refractivity contribution in [3.63, 3.8) is 0 Å². The molecule has 0 radical (unpaired) electrons. The van der Waals surface area contributed by atoms with Crippen LogP contribution in [0.2, 0.25) is 0 Å². The lowest BCUT2D eigenvalue weighted by molar-refractivity contribution is 0.841. The van der Waals surface area contributed by atoms with Gasteiger partial charge in [-0.3, -0.25) is 4.98 Å². The van der Waals surface area contributed by atoms with E-state index in [4.69, 9.17) is 5.84 Å². The number of aromatic nitrogens is 7. The van der Waals surface area contributed by atoms with Crippen LogP contribution in [-0.2, 0) is 0 Å². The van der Waals surface area contributed by atoms with Crippen LogP contribution >= 0.6 is 0 Å². The fourth-order valence-corrected chi connectivity index (χ4v) is 2.04. The minimum absolute atomic E-state index is 0.574. The van der Waals surface area contributed by atoms with Gasteiger partial charge in [0.1, 0.15) is 17.4 Å². The van der Waals surface area contributed by atoms with E-state index in [-0.39, 0.29) is 0 Å². The number of nitrogen functional groups attached to an aromatic ring is 1. The van der Waals surface area contributed by atoms with Gasteiger partial charge in [0, 0.05) is 11.6 Å². The quantitative estimate of drug-likeness (QED) is 0.414. The first-order chi connectivity index (χ1) is 8.36. The number of fused-ring (bicyclic) bond motifs is 6. The number of hydrogen-bond acceptors (Lipinski definition) is 6. The van der Waals surface area contributed by atoms with Crippen molar-refractivity contribution in [3.05, 3.63) is 24.8 Å². The second-order valence-corrected chi connectivity index (χ2v) is 3.66. The summed E-state index contributed by atoms with van der Waals surface area (Å²) in [4.78, 5) is 8.30. The van der Waals surface area contributed by atoms with Crippen LogP contribution in [0.25, 0.3) is 27.6 Å². The molecule has 0 fully saturated rings. The highest BCUT2D eigenvalue weighted by molar-refractivity contribution is 6.07. The Kier molecular flexibility index (Phi) is 1.32. The predicted octanol–water partition coefficient (Wildman–Crippen LogP) is -0.264. The molecule has 0 saturated heterocycles. The van der Waals surface area contributed by atoms with Crippen molar-refractivity contribution in [1.29, 1.82) is 0 Å². The Morgan fingerprint density at radius 3 is 3.18 bits per heavy atom. The van der Waals surface area contributed by atoms with E-state index >= 15 is 0 Å². The van der Waals surface area contributed by atoms with E-state index in [1.807, 2.05) is 6.07 Å². The van der Waals surface area contributed by atoms with Crippen LogP contribution in [0.4, 0.5) is 0 Å². The van der Waals surface area contributed by atoms with E-state index < -0.39 is 0 Å². The van der Waals surface area contributed by atoms with Gasteiger partial charge < -0.3 is 5.84 Å². The van der Waals surface area contributed by atoms with Gasteiger partial charge in [-0.15, -0.1) is 5.10 Å². The van der Waals surface area contributed by atoms with Crippen LogP contribution < -0.4 is 5.84 Å². The summed E-state index contributed by atoms with van der Waals surface area (Å²) in [7, 11) is 0. The molecule has 4 aromatic heterocycles. The van der Waals surface area contributed by atoms with Gasteiger partial charge in [0.25, 0.3) is 0 Å². The Labute approximate surface area is 93.6 Å². The normalized spacial score (nSPS) is 11.8. The van der Waals surface area contributed by atoms with Crippen LogP contribution in [0.5, 0.6) is 0 Å². The molecule has 4 rings (SSSR count). The zero-order valence-corrected chi connectivity index (χ0v) is 8.52. The average molecular weight is 226 g/mol. The summed E-state index contributed by atoms with van der Waals surface area (Å²) in [5, 5.41) is 12.5. The maximum Gasteiger partial charge on any atom is 0.207 e. The molecule has 8 nitrogen and oxygen atoms in total. The molecule has 0 aliphatic carbocycles. The molecule has 0 aliphatic heterocycles. The van der Waals surface area contributed by atoms with Crippen LogP contribution in [0.15, 0.2) is 24.8 Å². The molecule has 0 atom stereocenters. The molecule has 17 heavy (non-hydrogen) atoms. The molecule has 4 heterocycles. The summed E-state index contributed by atoms with van der Waals surface area (Å²) in [6.07, 6.45) is 4.94. The summed E-state index contributed by atoms with van der Waals surface area (Å²) < 4.78 is 3.07. The minimum atomic E-state index is 0.574. The van der Waals surface area contributed by atoms with E-state index in [9.17, 15) is 0 Å². The van der Waals surface area contributed by atoms with Crippen LogP contribution in [0.3, 0.4) is 0 Å². The first-order valence-corrected chi connectivity index (χ1v) is 4.92. The molecule has 0 bridgehead atoms. The van der Waals surface area contributed by atoms with Gasteiger partial charge in [-0.25, -0.2) is 9.66 Å². The van der Waals surface area contributed by atoms with Crippen molar-refractivity contribution in [1.82, 2.24) is 34.7 Å². The van der Waals surface area contributed by atoms with E-state index in [1.165, 1.54) is 4.68 Å². The van der Waals surface area contributed by atoms with Crippen molar-refractivity contribution in [2.75, 3.05) is 5.84 Å². The molecule has 2 N–H and O–H groups in total. The van der Waals surface area contributed by atoms with Gasteiger partial charge in [0.2, 0.25) is 5.65 Å². The lowest BCUT2D eigenvalue weighted by Gasteiger charge is -2.02. The molecule has 4 aromatic rings. The number of tetrazole rings is 1. The van der Waals surface area contributed by atoms with Crippen molar-refractivity contribution in [2.45, 2.75) is 0 Å². The van der Waals surface area contributed by atoms with E-state index in [0.717, 1.165) is 16.4 Å². The molecule has 0 saturated carbocycles. The maximum absolute atomic E-state index is 5.86. The van der Waals surface area contributed by atoms with E-state index in [1.54, 1.807) is 23.2 Å². The number of imidazole rings is 1. The third-order valence-corrected chi connectivity index (χ3v) is 2.76. The summed E-state index contributed by atoms with van der Waals surface area (Å²) >= 11 is 0. The van der Waals surface area contributed by atoms with Gasteiger partial charge in [0.15, 0.2) is 0 Å². The fraction of sp³-hybridized carbons (Fsp3) is 0. The fourth-order valence-electron chi connectivity index (χ4n) is 2.04. The largest absolute Gasteiger partial charge is 0.338 e. The third-order valence-electron chi connectivity index (χ3n) is 2.76. The van der Waals surface area contributed by atoms with Crippen LogP contribution in [0, 0.1) is 0 Å². The van der Waals surface area contributed by atoms with Crippen molar-refractivity contribution in [3.8, 4) is 0 Å². The molecular weight excluding hydrogens is 220 g/mol. The van der Waals surface area contributed by atoms with Gasteiger partial charge >= 0.3 is 0 Å². The first kappa shape index (κ1) is 8.39. The van der Waals surface area contributed by atoms with Crippen LogP contribution in [0.1, 0.15) is 0 Å². The van der Waals surface area contributed by atoms with Crippen LogP contribution in [-0.4, -0.2) is 34.7 Å². The predicted molar refractivity (Wildman–Crippen MR) is 59.5 cm³/mol. The standard InChI is InChI=1S/C9H6N8/c10-16-4-12-7-8(16)5-1-2-11-3-6(5)17-9(7)13-14-15-17/h1-4H,10H2. The summed E-state index contributed by atoms with van der Waals surface area (Å²) in [6.45, 7) is 0. The summed E-state index contributed by atoms with van der Waals surface area (Å²) in [6, 6.07) is 1.86. The lowest BCUT2D eigenvalue weighted by atomic mass is 10.2. The van der Waals surface area contributed by atoms with Gasteiger partial charge in [-0.2, -0.15) is 4.52 Å². The molecule has 0 unspecified atom stereocenters. The van der Waals surface area contributed by atoms with Gasteiger partial charge in [-0.1, -0.05) is 0 Å². The number of nitrogens with two attached hydrogens (primary N) is 1. The topological polar surface area (TPSA) is 99.8 Å². The van der Waals surface area contributed by atoms with Gasteiger partial charge in [-0.05, 0) is 16.5 Å². The Bertz CT molecular complexity index is 857. The maximum atomic E-state index is 5.86. The second-order valence-electron chi connectivity index (χ2n) is 3.66. The molecule has 0 spiro atoms. The molecular formula is C9H6N8. The SMILES string of the molecule is Nn1cnc2c1c1ccncc1n1nnnc21. The smallest absolute Gasteiger partial charge is 0.207 e. The van der Waals surface area contributed by atoms with E-state index in [2.05, 4.69) is 25.5 Å². The Hall–Kier alpha value is -2.77. The highest BCUT2D eigenvalue weighted by Crippen LogP contribution is 2.24. The Morgan fingerprint density at radius 1 is 1.29 bits per heavy atom. The second kappa shape index (κ2) is 2.67. The highest BCUT2D eigenvalue weighted by Gasteiger charge is 2.14. The minimum Gasteiger partial charge on any atom is -0.338 e. The Balaban J connectivity index is 2.50. The molecule has 0 aromatic carbocycles. The zero-order valence-electron chi connectivity index (χ0n) is 8.52. The number of rotatable bonds is 0. The molecule has 0 aliphatic rings. The highest BCUT2D eigenvalue weighted by atomic mass is 15.5. The van der Waals surface area contributed by atoms with Crippen molar-refractivity contribution < 1.29 is 0 Å². The summed E-state index contributed by atoms with van der Waals surface area (Å²) in [5.41, 5.74) is 2.85. The third kappa shape index (κ3) is 0.893. The van der Waals surface area contributed by atoms with Crippen molar-refractivity contribution >= 4 is 27.6 Å². The Morgan fingerprint density at radius 2 is 2.24 bits per heavy atom. The molecule has 82 valence electrons. The molecule has 8 heteroatoms. The monoisotopic (exact) mass is 226 g/mol. The molecule has 0 amide bonds.